The Labute approximate surface area is 92.4 Å². The summed E-state index contributed by atoms with van der Waals surface area (Å²) in [5.74, 6) is -0.365. The van der Waals surface area contributed by atoms with E-state index < -0.39 is 20.4 Å². The molecule has 0 aliphatic carbocycles. The number of sulfone groups is 1. The van der Waals surface area contributed by atoms with Crippen molar-refractivity contribution >= 4 is 21.3 Å². The molecular weight excluding hydrogens is 234 g/mol. The summed E-state index contributed by atoms with van der Waals surface area (Å²) in [5.41, 5.74) is 4.77. The van der Waals surface area contributed by atoms with Gasteiger partial charge in [-0.1, -0.05) is 6.92 Å². The first-order chi connectivity index (χ1) is 7.38. The molecule has 0 saturated heterocycles. The minimum atomic E-state index is -3.51. The fraction of sp³-hybridized carbons (Fsp3) is 0.375. The number of anilines is 1. The van der Waals surface area contributed by atoms with Gasteiger partial charge in [-0.2, -0.15) is 0 Å². The van der Waals surface area contributed by atoms with Crippen molar-refractivity contribution in [2.45, 2.75) is 18.2 Å². The molecule has 0 fully saturated rings. The average Bonchev–Trinajstić information content (AvgIpc) is 2.17. The Balaban J connectivity index is 3.28. The van der Waals surface area contributed by atoms with Crippen LogP contribution in [0.5, 0.6) is 0 Å². The third-order valence-electron chi connectivity index (χ3n) is 1.90. The molecule has 16 heavy (non-hydrogen) atoms. The lowest BCUT2D eigenvalue weighted by molar-refractivity contribution is -0.384. The van der Waals surface area contributed by atoms with Gasteiger partial charge >= 0.3 is 5.69 Å². The summed E-state index contributed by atoms with van der Waals surface area (Å²) in [6.07, 6.45) is 1.47. The Kier molecular flexibility index (Phi) is 3.43. The van der Waals surface area contributed by atoms with Gasteiger partial charge in [-0.05, 0) is 6.42 Å². The van der Waals surface area contributed by atoms with Crippen LogP contribution < -0.4 is 5.73 Å². The molecule has 0 radical (unpaired) electrons. The Morgan fingerprint density at radius 1 is 1.56 bits per heavy atom. The molecule has 0 saturated carbocycles. The highest BCUT2D eigenvalue weighted by Crippen LogP contribution is 2.23. The number of nitro groups is 1. The van der Waals surface area contributed by atoms with Gasteiger partial charge in [0.1, 0.15) is 0 Å². The van der Waals surface area contributed by atoms with Gasteiger partial charge in [-0.3, -0.25) is 10.1 Å². The van der Waals surface area contributed by atoms with E-state index in [0.29, 0.717) is 6.42 Å². The van der Waals surface area contributed by atoms with Crippen LogP contribution in [-0.4, -0.2) is 24.1 Å². The molecule has 88 valence electrons. The zero-order valence-electron chi connectivity index (χ0n) is 8.58. The summed E-state index contributed by atoms with van der Waals surface area (Å²) in [5, 5.41) is 10.5. The molecule has 0 aromatic carbocycles. The maximum atomic E-state index is 11.6. The van der Waals surface area contributed by atoms with Gasteiger partial charge < -0.3 is 5.73 Å². The molecule has 2 N–H and O–H groups in total. The molecule has 0 amide bonds. The van der Waals surface area contributed by atoms with E-state index in [-0.39, 0.29) is 16.5 Å². The zero-order valence-corrected chi connectivity index (χ0v) is 9.40. The molecule has 8 heteroatoms. The first-order valence-electron chi connectivity index (χ1n) is 4.51. The predicted molar refractivity (Wildman–Crippen MR) is 57.6 cm³/mol. The van der Waals surface area contributed by atoms with E-state index in [0.717, 1.165) is 12.3 Å². The number of nitrogens with two attached hydrogens (primary N) is 1. The van der Waals surface area contributed by atoms with Gasteiger partial charge in [0.05, 0.1) is 15.6 Å². The molecular formula is C8H11N3O4S. The van der Waals surface area contributed by atoms with Crippen molar-refractivity contribution in [2.75, 3.05) is 11.5 Å². The van der Waals surface area contributed by atoms with Crippen molar-refractivity contribution in [2.24, 2.45) is 0 Å². The lowest BCUT2D eigenvalue weighted by Gasteiger charge is -2.02. The van der Waals surface area contributed by atoms with Crippen molar-refractivity contribution in [3.05, 3.63) is 22.4 Å². The first-order valence-corrected chi connectivity index (χ1v) is 6.16. The number of hydrogen-bond acceptors (Lipinski definition) is 6. The number of nitrogens with zero attached hydrogens (tertiary/aromatic N) is 2. The topological polar surface area (TPSA) is 116 Å². The third kappa shape index (κ3) is 2.45. The van der Waals surface area contributed by atoms with Crippen LogP contribution in [0.25, 0.3) is 0 Å². The fourth-order valence-corrected chi connectivity index (χ4v) is 2.43. The highest BCUT2D eigenvalue weighted by Gasteiger charge is 2.20. The van der Waals surface area contributed by atoms with Crippen LogP contribution >= 0.6 is 0 Å². The summed E-state index contributed by atoms with van der Waals surface area (Å²) >= 11 is 0. The maximum Gasteiger partial charge on any atom is 0.312 e. The second-order valence-corrected chi connectivity index (χ2v) is 5.26. The summed E-state index contributed by atoms with van der Waals surface area (Å²) in [4.78, 5) is 13.1. The molecule has 7 nitrogen and oxygen atoms in total. The summed E-state index contributed by atoms with van der Waals surface area (Å²) in [7, 11) is -3.51. The van der Waals surface area contributed by atoms with E-state index in [1.807, 2.05) is 0 Å². The second kappa shape index (κ2) is 4.44. The van der Waals surface area contributed by atoms with E-state index in [1.54, 1.807) is 6.92 Å². The second-order valence-electron chi connectivity index (χ2n) is 3.15. The summed E-state index contributed by atoms with van der Waals surface area (Å²) < 4.78 is 23.2. The standard InChI is InChI=1S/C8H11N3O4S/c1-2-3-16(14,15)6-4-7(11(12)13)8(9)10-5-6/h4-5H,2-3H2,1H3,(H2,9,10). The van der Waals surface area contributed by atoms with E-state index in [4.69, 9.17) is 5.73 Å². The van der Waals surface area contributed by atoms with Crippen molar-refractivity contribution in [3.8, 4) is 0 Å². The van der Waals surface area contributed by atoms with Gasteiger partial charge in [0.25, 0.3) is 0 Å². The molecule has 0 unspecified atom stereocenters. The smallest absolute Gasteiger partial charge is 0.312 e. The van der Waals surface area contributed by atoms with Gasteiger partial charge in [-0.15, -0.1) is 0 Å². The van der Waals surface area contributed by atoms with Crippen LogP contribution in [0.1, 0.15) is 13.3 Å². The van der Waals surface area contributed by atoms with Crippen LogP contribution in [0.3, 0.4) is 0 Å². The fourth-order valence-electron chi connectivity index (χ4n) is 1.15. The molecule has 0 aliphatic rings. The molecule has 1 aromatic rings. The number of nitrogen functional groups attached to an aromatic ring is 1. The Morgan fingerprint density at radius 2 is 2.19 bits per heavy atom. The van der Waals surface area contributed by atoms with Crippen LogP contribution in [0.15, 0.2) is 17.2 Å². The van der Waals surface area contributed by atoms with E-state index in [2.05, 4.69) is 4.98 Å². The van der Waals surface area contributed by atoms with Crippen LogP contribution in [0.4, 0.5) is 11.5 Å². The van der Waals surface area contributed by atoms with Crippen molar-refractivity contribution in [3.63, 3.8) is 0 Å². The van der Waals surface area contributed by atoms with E-state index in [9.17, 15) is 18.5 Å². The lowest BCUT2D eigenvalue weighted by Crippen LogP contribution is -2.08. The van der Waals surface area contributed by atoms with Gasteiger partial charge in [0.15, 0.2) is 9.84 Å². The van der Waals surface area contributed by atoms with Crippen LogP contribution in [0, 0.1) is 10.1 Å². The summed E-state index contributed by atoms with van der Waals surface area (Å²) in [6, 6.07) is 0.938. The normalized spacial score (nSPS) is 11.3. The number of aromatic nitrogens is 1. The highest BCUT2D eigenvalue weighted by molar-refractivity contribution is 7.91. The van der Waals surface area contributed by atoms with Crippen molar-refractivity contribution in [1.82, 2.24) is 4.98 Å². The van der Waals surface area contributed by atoms with Crippen molar-refractivity contribution in [1.29, 1.82) is 0 Å². The molecule has 1 rings (SSSR count). The van der Waals surface area contributed by atoms with Crippen LogP contribution in [0.2, 0.25) is 0 Å². The molecule has 0 aliphatic heterocycles. The van der Waals surface area contributed by atoms with Crippen LogP contribution in [-0.2, 0) is 9.84 Å². The highest BCUT2D eigenvalue weighted by atomic mass is 32.2. The Bertz CT molecular complexity index is 512. The monoisotopic (exact) mass is 245 g/mol. The van der Waals surface area contributed by atoms with Gasteiger partial charge in [0.2, 0.25) is 5.82 Å². The lowest BCUT2D eigenvalue weighted by atomic mass is 10.4. The van der Waals surface area contributed by atoms with E-state index in [1.165, 1.54) is 0 Å². The van der Waals surface area contributed by atoms with E-state index >= 15 is 0 Å². The predicted octanol–water partition coefficient (Wildman–Crippen LogP) is 0.756. The molecule has 0 bridgehead atoms. The quantitative estimate of drug-likeness (QED) is 0.618. The minimum absolute atomic E-state index is 0.0737. The Hall–Kier alpha value is -1.70. The Morgan fingerprint density at radius 3 is 2.69 bits per heavy atom. The molecule has 0 spiro atoms. The minimum Gasteiger partial charge on any atom is -0.378 e. The SMILES string of the molecule is CCCS(=O)(=O)c1cnc(N)c([N+](=O)[O-])c1. The van der Waals surface area contributed by atoms with Crippen molar-refractivity contribution < 1.29 is 13.3 Å². The molecule has 1 heterocycles. The molecule has 0 atom stereocenters. The van der Waals surface area contributed by atoms with Gasteiger partial charge in [-0.25, -0.2) is 13.4 Å². The third-order valence-corrected chi connectivity index (χ3v) is 3.79. The average molecular weight is 245 g/mol. The maximum absolute atomic E-state index is 11.6. The largest absolute Gasteiger partial charge is 0.378 e. The molecule has 1 aromatic heterocycles. The number of rotatable bonds is 4. The first kappa shape index (κ1) is 12.4. The zero-order chi connectivity index (χ0) is 12.3. The number of pyridine rings is 1. The summed E-state index contributed by atoms with van der Waals surface area (Å²) in [6.45, 7) is 1.71. The van der Waals surface area contributed by atoms with Gasteiger partial charge in [0, 0.05) is 12.3 Å². The number of hydrogen-bond donors (Lipinski definition) is 1.